The lowest BCUT2D eigenvalue weighted by molar-refractivity contribution is -0.137. The van der Waals surface area contributed by atoms with Crippen LogP contribution in [0, 0.1) is 5.92 Å². The second-order valence-corrected chi connectivity index (χ2v) is 7.20. The molecule has 2 nitrogen and oxygen atoms in total. The quantitative estimate of drug-likeness (QED) is 0.761. The number of carbonyl (C=O) groups excluding carboxylic acids is 1. The third-order valence-electron chi connectivity index (χ3n) is 4.12. The molecule has 1 amide bonds. The maximum Gasteiger partial charge on any atom is 0.232 e. The summed E-state index contributed by atoms with van der Waals surface area (Å²) >= 11 is 3.69. The minimum atomic E-state index is -0.444. The predicted octanol–water partition coefficient (Wildman–Crippen LogP) is 3.60. The molecule has 2 rings (SSSR count). The van der Waals surface area contributed by atoms with Crippen LogP contribution in [-0.4, -0.2) is 28.7 Å². The van der Waals surface area contributed by atoms with E-state index in [1.165, 1.54) is 0 Å². The Morgan fingerprint density at radius 3 is 2.53 bits per heavy atom. The topological polar surface area (TPSA) is 20.3 Å². The number of rotatable bonds is 2. The first-order valence-corrected chi connectivity index (χ1v) is 7.83. The molecule has 1 saturated heterocycles. The Hall–Kier alpha value is -0.830. The van der Waals surface area contributed by atoms with Crippen molar-refractivity contribution in [3.63, 3.8) is 0 Å². The number of piperidine rings is 1. The van der Waals surface area contributed by atoms with Crippen molar-refractivity contribution < 1.29 is 4.79 Å². The fourth-order valence-electron chi connectivity index (χ4n) is 2.68. The molecule has 1 fully saturated rings. The number of amides is 1. The van der Waals surface area contributed by atoms with E-state index in [0.29, 0.717) is 10.7 Å². The van der Waals surface area contributed by atoms with E-state index in [-0.39, 0.29) is 5.91 Å². The third kappa shape index (κ3) is 3.02. The van der Waals surface area contributed by atoms with Gasteiger partial charge < -0.3 is 4.90 Å². The lowest BCUT2D eigenvalue weighted by atomic mass is 9.82. The van der Waals surface area contributed by atoms with Crippen LogP contribution in [0.1, 0.15) is 32.8 Å². The van der Waals surface area contributed by atoms with Gasteiger partial charge in [0.25, 0.3) is 0 Å². The van der Waals surface area contributed by atoms with Gasteiger partial charge in [-0.05, 0) is 31.7 Å². The number of carbonyl (C=O) groups is 1. The van der Waals surface area contributed by atoms with Crippen LogP contribution in [0.3, 0.4) is 0 Å². The summed E-state index contributed by atoms with van der Waals surface area (Å²) in [5.41, 5.74) is 0.647. The summed E-state index contributed by atoms with van der Waals surface area (Å²) < 4.78 is 0. The van der Waals surface area contributed by atoms with E-state index < -0.39 is 5.41 Å². The van der Waals surface area contributed by atoms with Gasteiger partial charge in [-0.1, -0.05) is 53.2 Å². The SMILES string of the molecule is CC1CN(C(=O)C(C)(C)c2ccccc2)CCC1Br. The molecule has 0 spiro atoms. The minimum Gasteiger partial charge on any atom is -0.342 e. The highest BCUT2D eigenvalue weighted by atomic mass is 79.9. The molecule has 3 heteroatoms. The van der Waals surface area contributed by atoms with Crippen LogP contribution in [0.15, 0.2) is 30.3 Å². The molecule has 1 aliphatic rings. The van der Waals surface area contributed by atoms with E-state index in [4.69, 9.17) is 0 Å². The number of benzene rings is 1. The third-order valence-corrected chi connectivity index (χ3v) is 5.48. The van der Waals surface area contributed by atoms with E-state index in [2.05, 4.69) is 22.9 Å². The second-order valence-electron chi connectivity index (χ2n) is 6.02. The normalized spacial score (nSPS) is 24.3. The highest BCUT2D eigenvalue weighted by Crippen LogP contribution is 2.30. The zero-order valence-electron chi connectivity index (χ0n) is 11.9. The van der Waals surface area contributed by atoms with Crippen molar-refractivity contribution in [1.82, 2.24) is 4.90 Å². The Morgan fingerprint density at radius 2 is 1.95 bits per heavy atom. The zero-order chi connectivity index (χ0) is 14.0. The van der Waals surface area contributed by atoms with Crippen molar-refractivity contribution in [2.24, 2.45) is 5.92 Å². The van der Waals surface area contributed by atoms with Gasteiger partial charge in [0.15, 0.2) is 0 Å². The fraction of sp³-hybridized carbons (Fsp3) is 0.562. The minimum absolute atomic E-state index is 0.241. The molecule has 1 heterocycles. The average Bonchev–Trinajstić information content (AvgIpc) is 2.42. The molecule has 2 atom stereocenters. The molecular weight excluding hydrogens is 302 g/mol. The molecule has 0 saturated carbocycles. The number of halogens is 1. The average molecular weight is 324 g/mol. The first-order chi connectivity index (χ1) is 8.93. The van der Waals surface area contributed by atoms with Crippen LogP contribution in [0.2, 0.25) is 0 Å². The van der Waals surface area contributed by atoms with Crippen LogP contribution in [0.4, 0.5) is 0 Å². The molecule has 0 bridgehead atoms. The Kier molecular flexibility index (Phi) is 4.34. The maximum absolute atomic E-state index is 12.8. The summed E-state index contributed by atoms with van der Waals surface area (Å²) in [6, 6.07) is 10.1. The first-order valence-electron chi connectivity index (χ1n) is 6.92. The van der Waals surface area contributed by atoms with Crippen molar-refractivity contribution >= 4 is 21.8 Å². The Morgan fingerprint density at radius 1 is 1.32 bits per heavy atom. The van der Waals surface area contributed by atoms with Crippen LogP contribution in [0.5, 0.6) is 0 Å². The molecular formula is C16H22BrNO. The van der Waals surface area contributed by atoms with Crippen molar-refractivity contribution in [3.8, 4) is 0 Å². The second kappa shape index (κ2) is 5.66. The zero-order valence-corrected chi connectivity index (χ0v) is 13.5. The predicted molar refractivity (Wildman–Crippen MR) is 82.5 cm³/mol. The molecule has 1 aliphatic heterocycles. The monoisotopic (exact) mass is 323 g/mol. The molecule has 2 unspecified atom stereocenters. The molecule has 0 radical (unpaired) electrons. The number of alkyl halides is 1. The largest absolute Gasteiger partial charge is 0.342 e. The van der Waals surface area contributed by atoms with Crippen LogP contribution in [0.25, 0.3) is 0 Å². The number of hydrogen-bond donors (Lipinski definition) is 0. The molecule has 0 aromatic heterocycles. The summed E-state index contributed by atoms with van der Waals surface area (Å²) in [5.74, 6) is 0.759. The van der Waals surface area contributed by atoms with E-state index >= 15 is 0 Å². The highest BCUT2D eigenvalue weighted by molar-refractivity contribution is 9.09. The molecule has 104 valence electrons. The Bertz CT molecular complexity index is 443. The van der Waals surface area contributed by atoms with Gasteiger partial charge in [0.2, 0.25) is 5.91 Å². The van der Waals surface area contributed by atoms with Crippen LogP contribution < -0.4 is 0 Å². The van der Waals surface area contributed by atoms with E-state index in [0.717, 1.165) is 25.1 Å². The Balaban J connectivity index is 2.15. The van der Waals surface area contributed by atoms with Gasteiger partial charge in [-0.25, -0.2) is 0 Å². The first kappa shape index (κ1) is 14.6. The van der Waals surface area contributed by atoms with Gasteiger partial charge in [-0.15, -0.1) is 0 Å². The molecule has 0 aliphatic carbocycles. The number of nitrogens with zero attached hydrogens (tertiary/aromatic N) is 1. The Labute approximate surface area is 124 Å². The standard InChI is InChI=1S/C16H22BrNO/c1-12-11-18(10-9-14(12)17)15(19)16(2,3)13-7-5-4-6-8-13/h4-8,12,14H,9-11H2,1-3H3. The van der Waals surface area contributed by atoms with Gasteiger partial charge in [0, 0.05) is 17.9 Å². The van der Waals surface area contributed by atoms with E-state index in [1.54, 1.807) is 0 Å². The number of likely N-dealkylation sites (tertiary alicyclic amines) is 1. The summed E-state index contributed by atoms with van der Waals surface area (Å²) in [6.45, 7) is 7.96. The van der Waals surface area contributed by atoms with E-state index in [9.17, 15) is 4.79 Å². The van der Waals surface area contributed by atoms with Crippen molar-refractivity contribution in [2.75, 3.05) is 13.1 Å². The summed E-state index contributed by atoms with van der Waals surface area (Å²) in [4.78, 5) is 15.3. The molecule has 1 aromatic carbocycles. The van der Waals surface area contributed by atoms with Crippen molar-refractivity contribution in [1.29, 1.82) is 0 Å². The smallest absolute Gasteiger partial charge is 0.232 e. The molecule has 19 heavy (non-hydrogen) atoms. The van der Waals surface area contributed by atoms with Gasteiger partial charge >= 0.3 is 0 Å². The van der Waals surface area contributed by atoms with Gasteiger partial charge in [-0.3, -0.25) is 4.79 Å². The lowest BCUT2D eigenvalue weighted by Crippen LogP contribution is -2.49. The van der Waals surface area contributed by atoms with Crippen molar-refractivity contribution in [2.45, 2.75) is 37.4 Å². The van der Waals surface area contributed by atoms with Crippen LogP contribution in [-0.2, 0) is 10.2 Å². The van der Waals surface area contributed by atoms with Gasteiger partial charge in [0.05, 0.1) is 5.41 Å². The molecule has 1 aromatic rings. The van der Waals surface area contributed by atoms with Crippen molar-refractivity contribution in [3.05, 3.63) is 35.9 Å². The summed E-state index contributed by atoms with van der Waals surface area (Å²) in [6.07, 6.45) is 1.04. The summed E-state index contributed by atoms with van der Waals surface area (Å²) in [5, 5.41) is 0. The maximum atomic E-state index is 12.8. The van der Waals surface area contributed by atoms with Gasteiger partial charge in [-0.2, -0.15) is 0 Å². The fourth-order valence-corrected chi connectivity index (χ4v) is 3.05. The van der Waals surface area contributed by atoms with E-state index in [1.807, 2.05) is 49.1 Å². The molecule has 0 N–H and O–H groups in total. The summed E-state index contributed by atoms with van der Waals surface area (Å²) in [7, 11) is 0. The van der Waals surface area contributed by atoms with Crippen LogP contribution >= 0.6 is 15.9 Å². The van der Waals surface area contributed by atoms with Gasteiger partial charge in [0.1, 0.15) is 0 Å². The lowest BCUT2D eigenvalue weighted by Gasteiger charge is -2.39. The highest BCUT2D eigenvalue weighted by Gasteiger charge is 2.36. The number of hydrogen-bond acceptors (Lipinski definition) is 1.